The molecule has 0 saturated carbocycles. The predicted octanol–water partition coefficient (Wildman–Crippen LogP) is 10.8. The molecule has 0 aromatic rings. The van der Waals surface area contributed by atoms with Crippen molar-refractivity contribution in [3.05, 3.63) is 12.2 Å². The number of phosphoric acid groups is 1. The fourth-order valence-corrected chi connectivity index (χ4v) is 6.44. The van der Waals surface area contributed by atoms with Crippen LogP contribution in [0.5, 0.6) is 0 Å². The molecule has 1 unspecified atom stereocenters. The first-order valence-electron chi connectivity index (χ1n) is 20.9. The van der Waals surface area contributed by atoms with Gasteiger partial charge in [-0.3, -0.25) is 14.2 Å². The first-order valence-corrected chi connectivity index (χ1v) is 22.4. The van der Waals surface area contributed by atoms with Gasteiger partial charge in [0.1, 0.15) is 19.8 Å². The normalized spacial score (nSPS) is 13.8. The molecule has 0 heterocycles. The van der Waals surface area contributed by atoms with Crippen LogP contribution in [0.2, 0.25) is 0 Å². The summed E-state index contributed by atoms with van der Waals surface area (Å²) in [6, 6.07) is 0. The van der Waals surface area contributed by atoms with Crippen LogP contribution in [-0.2, 0) is 32.7 Å². The summed E-state index contributed by atoms with van der Waals surface area (Å²) < 4.78 is 33.7. The van der Waals surface area contributed by atoms with Crippen molar-refractivity contribution in [3.63, 3.8) is 0 Å². The summed E-state index contributed by atoms with van der Waals surface area (Å²) in [5.41, 5.74) is 0. The van der Waals surface area contributed by atoms with Crippen molar-refractivity contribution in [2.45, 2.75) is 193 Å². The largest absolute Gasteiger partial charge is 0.756 e. The lowest BCUT2D eigenvalue weighted by molar-refractivity contribution is -0.870. The number of allylic oxidation sites excluding steroid dienone is 2. The molecule has 0 N–H and O–H groups in total. The summed E-state index contributed by atoms with van der Waals surface area (Å²) in [5.74, 6) is -0.836. The number of carbonyl (C=O) groups is 2. The van der Waals surface area contributed by atoms with Crippen LogP contribution >= 0.6 is 7.82 Å². The van der Waals surface area contributed by atoms with Crippen molar-refractivity contribution in [2.75, 3.05) is 47.5 Å². The Morgan fingerprint density at radius 3 is 1.45 bits per heavy atom. The molecular formula is C41H80NO8P. The minimum atomic E-state index is -4.61. The molecule has 0 aliphatic heterocycles. The molecule has 302 valence electrons. The molecule has 9 nitrogen and oxygen atoms in total. The van der Waals surface area contributed by atoms with Gasteiger partial charge in [-0.05, 0) is 38.5 Å². The lowest BCUT2D eigenvalue weighted by Gasteiger charge is -2.28. The molecule has 0 radical (unpaired) electrons. The summed E-state index contributed by atoms with van der Waals surface area (Å²) in [6.07, 6.45) is 33.9. The van der Waals surface area contributed by atoms with Gasteiger partial charge >= 0.3 is 11.9 Å². The zero-order valence-corrected chi connectivity index (χ0v) is 34.7. The van der Waals surface area contributed by atoms with Gasteiger partial charge in [-0.2, -0.15) is 0 Å². The summed E-state index contributed by atoms with van der Waals surface area (Å²) in [4.78, 5) is 37.3. The van der Waals surface area contributed by atoms with Crippen molar-refractivity contribution in [1.82, 2.24) is 0 Å². The topological polar surface area (TPSA) is 111 Å². The number of carbonyl (C=O) groups excluding carboxylic acids is 2. The van der Waals surface area contributed by atoms with Crippen molar-refractivity contribution in [3.8, 4) is 0 Å². The highest BCUT2D eigenvalue weighted by Gasteiger charge is 2.21. The molecule has 0 aromatic heterocycles. The SMILES string of the molecule is CCCCCCCC/C=C/CCCCCCCCCCCC(=O)OC[C@@H](COP(=O)([O-])OCC[N+](C)(C)C)OC(=O)CCCCCCCCCC. The molecule has 0 aliphatic rings. The van der Waals surface area contributed by atoms with Gasteiger partial charge in [-0.15, -0.1) is 0 Å². The van der Waals surface area contributed by atoms with Crippen LogP contribution in [0.25, 0.3) is 0 Å². The van der Waals surface area contributed by atoms with Crippen molar-refractivity contribution < 1.29 is 42.1 Å². The highest BCUT2D eigenvalue weighted by molar-refractivity contribution is 7.45. The lowest BCUT2D eigenvalue weighted by Crippen LogP contribution is -2.37. The zero-order chi connectivity index (χ0) is 37.9. The van der Waals surface area contributed by atoms with Crippen molar-refractivity contribution in [1.29, 1.82) is 0 Å². The van der Waals surface area contributed by atoms with Gasteiger partial charge in [0.2, 0.25) is 0 Å². The number of hydrogen-bond donors (Lipinski definition) is 0. The molecule has 10 heteroatoms. The van der Waals surface area contributed by atoms with Crippen LogP contribution in [0.1, 0.15) is 187 Å². The van der Waals surface area contributed by atoms with Crippen LogP contribution in [-0.4, -0.2) is 70.0 Å². The second-order valence-corrected chi connectivity index (χ2v) is 16.8. The Bertz CT molecular complexity index is 891. The number of unbranched alkanes of at least 4 members (excludes halogenated alkanes) is 22. The molecule has 2 atom stereocenters. The maximum absolute atomic E-state index is 12.5. The Labute approximate surface area is 314 Å². The monoisotopic (exact) mass is 746 g/mol. The Hall–Kier alpha value is -1.25. The van der Waals surface area contributed by atoms with Gasteiger partial charge in [0, 0.05) is 12.8 Å². The summed E-state index contributed by atoms with van der Waals surface area (Å²) in [5, 5.41) is 0. The highest BCUT2D eigenvalue weighted by Crippen LogP contribution is 2.38. The molecule has 0 saturated heterocycles. The third-order valence-electron chi connectivity index (χ3n) is 9.04. The Kier molecular flexibility index (Phi) is 33.7. The third kappa shape index (κ3) is 38.3. The number of likely N-dealkylation sites (N-methyl/N-ethyl adjacent to an activating group) is 1. The zero-order valence-electron chi connectivity index (χ0n) is 33.8. The number of esters is 2. The first-order chi connectivity index (χ1) is 24.5. The molecule has 0 amide bonds. The van der Waals surface area contributed by atoms with E-state index in [2.05, 4.69) is 26.0 Å². The van der Waals surface area contributed by atoms with E-state index in [4.69, 9.17) is 18.5 Å². The third-order valence-corrected chi connectivity index (χ3v) is 10.00. The molecule has 0 bridgehead atoms. The van der Waals surface area contributed by atoms with E-state index in [0.29, 0.717) is 17.4 Å². The Morgan fingerprint density at radius 1 is 0.588 bits per heavy atom. The quantitative estimate of drug-likeness (QED) is 0.0202. The Balaban J connectivity index is 4.23. The molecular weight excluding hydrogens is 665 g/mol. The number of ether oxygens (including phenoxy) is 2. The predicted molar refractivity (Wildman–Crippen MR) is 208 cm³/mol. The number of nitrogens with zero attached hydrogens (tertiary/aromatic N) is 1. The van der Waals surface area contributed by atoms with Crippen LogP contribution in [0, 0.1) is 0 Å². The van der Waals surface area contributed by atoms with Gasteiger partial charge in [-0.25, -0.2) is 0 Å². The van der Waals surface area contributed by atoms with Gasteiger partial charge < -0.3 is 27.9 Å². The molecule has 0 aliphatic carbocycles. The van der Waals surface area contributed by atoms with E-state index in [1.54, 1.807) is 0 Å². The standard InChI is InChI=1S/C41H80NO8P/c1-6-8-10-12-14-16-17-18-19-20-21-22-23-24-25-26-28-29-31-33-40(43)47-37-39(38-49-51(45,46)48-36-35-42(3,4)5)50-41(44)34-32-30-27-15-13-11-9-7-2/h18-19,39H,6-17,20-38H2,1-5H3/b19-18+/t39-/m0/s1. The molecule has 51 heavy (non-hydrogen) atoms. The van der Waals surface area contributed by atoms with E-state index in [-0.39, 0.29) is 32.0 Å². The van der Waals surface area contributed by atoms with Gasteiger partial charge in [0.15, 0.2) is 6.10 Å². The van der Waals surface area contributed by atoms with Gasteiger partial charge in [0.05, 0.1) is 27.7 Å². The van der Waals surface area contributed by atoms with Gasteiger partial charge in [-0.1, -0.05) is 148 Å². The second-order valence-electron chi connectivity index (χ2n) is 15.4. The number of phosphoric ester groups is 1. The average molecular weight is 746 g/mol. The summed E-state index contributed by atoms with van der Waals surface area (Å²) in [7, 11) is 1.17. The maximum atomic E-state index is 12.5. The Morgan fingerprint density at radius 2 is 1.00 bits per heavy atom. The van der Waals surface area contributed by atoms with Crippen LogP contribution < -0.4 is 4.89 Å². The van der Waals surface area contributed by atoms with Crippen molar-refractivity contribution >= 4 is 19.8 Å². The lowest BCUT2D eigenvalue weighted by atomic mass is 10.1. The first kappa shape index (κ1) is 49.8. The smallest absolute Gasteiger partial charge is 0.306 e. The average Bonchev–Trinajstić information content (AvgIpc) is 3.07. The minimum absolute atomic E-state index is 0.0284. The molecule has 0 rings (SSSR count). The second kappa shape index (κ2) is 34.5. The molecule has 0 aromatic carbocycles. The fraction of sp³-hybridized carbons (Fsp3) is 0.902. The van der Waals surface area contributed by atoms with Crippen LogP contribution in [0.3, 0.4) is 0 Å². The van der Waals surface area contributed by atoms with E-state index < -0.39 is 26.5 Å². The van der Waals surface area contributed by atoms with E-state index in [1.165, 1.54) is 116 Å². The number of rotatable bonds is 38. The number of hydrogen-bond acceptors (Lipinski definition) is 8. The maximum Gasteiger partial charge on any atom is 0.306 e. The van der Waals surface area contributed by atoms with Crippen molar-refractivity contribution in [2.24, 2.45) is 0 Å². The summed E-state index contributed by atoms with van der Waals surface area (Å²) in [6.45, 7) is 4.19. The molecule has 0 fully saturated rings. The van der Waals surface area contributed by atoms with Crippen LogP contribution in [0.4, 0.5) is 0 Å². The van der Waals surface area contributed by atoms with E-state index in [1.807, 2.05) is 21.1 Å². The van der Waals surface area contributed by atoms with E-state index in [9.17, 15) is 19.0 Å². The number of quaternary nitrogens is 1. The summed E-state index contributed by atoms with van der Waals surface area (Å²) >= 11 is 0. The van der Waals surface area contributed by atoms with Crippen LogP contribution in [0.15, 0.2) is 12.2 Å². The fourth-order valence-electron chi connectivity index (χ4n) is 5.71. The molecule has 0 spiro atoms. The van der Waals surface area contributed by atoms with E-state index >= 15 is 0 Å². The minimum Gasteiger partial charge on any atom is -0.756 e. The van der Waals surface area contributed by atoms with Gasteiger partial charge in [0.25, 0.3) is 7.82 Å². The van der Waals surface area contributed by atoms with E-state index in [0.717, 1.165) is 38.5 Å². The highest BCUT2D eigenvalue weighted by atomic mass is 31.2.